The fourth-order valence-electron chi connectivity index (χ4n) is 2.32. The number of hydrogen-bond donors (Lipinski definition) is 2. The molecule has 2 aromatic carbocycles. The van der Waals surface area contributed by atoms with Crippen molar-refractivity contribution in [3.8, 4) is 0 Å². The molecular weight excluding hydrogens is 274 g/mol. The molecule has 0 fully saturated rings. The summed E-state index contributed by atoms with van der Waals surface area (Å²) in [5, 5.41) is 9.07. The van der Waals surface area contributed by atoms with Gasteiger partial charge >= 0.3 is 0 Å². The van der Waals surface area contributed by atoms with E-state index in [1.165, 1.54) is 16.3 Å². The number of nitrogens with zero attached hydrogens (tertiary/aromatic N) is 1. The molecule has 0 unspecified atom stereocenters. The Morgan fingerprint density at radius 1 is 1.05 bits per heavy atom. The monoisotopic (exact) mass is 299 g/mol. The number of hydrogen-bond acceptors (Lipinski definition) is 2. The van der Waals surface area contributed by atoms with E-state index in [0.717, 1.165) is 25.7 Å². The zero-order valence-electron chi connectivity index (χ0n) is 13.4. The second-order valence-corrected chi connectivity index (χ2v) is 4.96. The van der Waals surface area contributed by atoms with E-state index >= 15 is 0 Å². The van der Waals surface area contributed by atoms with E-state index in [1.807, 2.05) is 6.92 Å². The quantitative estimate of drug-likeness (QED) is 0.469. The molecule has 2 rings (SSSR count). The van der Waals surface area contributed by atoms with Crippen LogP contribution >= 0.6 is 0 Å². The molecule has 0 saturated carbocycles. The van der Waals surface area contributed by atoms with Crippen LogP contribution in [0.1, 0.15) is 19.4 Å². The minimum Gasteiger partial charge on any atom is -0.380 e. The molecule has 4 heteroatoms. The summed E-state index contributed by atoms with van der Waals surface area (Å²) in [6.07, 6.45) is 0. The highest BCUT2D eigenvalue weighted by Crippen LogP contribution is 2.18. The highest BCUT2D eigenvalue weighted by molar-refractivity contribution is 5.86. The van der Waals surface area contributed by atoms with Gasteiger partial charge in [0.05, 0.1) is 13.2 Å². The van der Waals surface area contributed by atoms with Gasteiger partial charge in [-0.05, 0) is 30.2 Å². The molecule has 0 aliphatic rings. The van der Waals surface area contributed by atoms with Gasteiger partial charge in [0.1, 0.15) is 0 Å². The van der Waals surface area contributed by atoms with Crippen molar-refractivity contribution in [2.24, 2.45) is 4.99 Å². The minimum atomic E-state index is 0.658. The van der Waals surface area contributed by atoms with Crippen LogP contribution in [0.3, 0.4) is 0 Å². The Labute approximate surface area is 132 Å². The first kappa shape index (κ1) is 16.3. The average molecular weight is 299 g/mol. The van der Waals surface area contributed by atoms with Gasteiger partial charge in [-0.1, -0.05) is 42.5 Å². The number of rotatable bonds is 7. The van der Waals surface area contributed by atoms with Crippen molar-refractivity contribution in [1.82, 2.24) is 10.6 Å². The van der Waals surface area contributed by atoms with E-state index < -0.39 is 0 Å². The normalized spacial score (nSPS) is 11.6. The molecule has 0 radical (unpaired) electrons. The lowest BCUT2D eigenvalue weighted by Crippen LogP contribution is -2.39. The van der Waals surface area contributed by atoms with Gasteiger partial charge in [0.15, 0.2) is 5.96 Å². The minimum absolute atomic E-state index is 0.658. The van der Waals surface area contributed by atoms with Gasteiger partial charge in [0.2, 0.25) is 0 Å². The summed E-state index contributed by atoms with van der Waals surface area (Å²) in [7, 11) is 0. The third-order valence-electron chi connectivity index (χ3n) is 3.37. The SMILES string of the molecule is CCNC(=NCc1cccc2ccccc12)NCCOCC. The molecule has 0 heterocycles. The first-order valence-electron chi connectivity index (χ1n) is 7.91. The Balaban J connectivity index is 2.05. The van der Waals surface area contributed by atoms with Gasteiger partial charge < -0.3 is 15.4 Å². The average Bonchev–Trinajstić information content (AvgIpc) is 2.56. The number of fused-ring (bicyclic) bond motifs is 1. The first-order chi connectivity index (χ1) is 10.8. The van der Waals surface area contributed by atoms with E-state index in [9.17, 15) is 0 Å². The maximum absolute atomic E-state index is 5.34. The van der Waals surface area contributed by atoms with Gasteiger partial charge in [-0.2, -0.15) is 0 Å². The Morgan fingerprint density at radius 3 is 2.68 bits per heavy atom. The van der Waals surface area contributed by atoms with Crippen molar-refractivity contribution < 1.29 is 4.74 Å². The van der Waals surface area contributed by atoms with Crippen LogP contribution in [0.4, 0.5) is 0 Å². The van der Waals surface area contributed by atoms with Gasteiger partial charge in [0, 0.05) is 19.7 Å². The molecule has 0 aliphatic heterocycles. The third-order valence-corrected chi connectivity index (χ3v) is 3.37. The highest BCUT2D eigenvalue weighted by Gasteiger charge is 2.01. The van der Waals surface area contributed by atoms with Gasteiger partial charge in [-0.15, -0.1) is 0 Å². The molecule has 4 nitrogen and oxygen atoms in total. The van der Waals surface area contributed by atoms with Crippen molar-refractivity contribution >= 4 is 16.7 Å². The molecule has 0 atom stereocenters. The molecule has 118 valence electrons. The Kier molecular flexibility index (Phi) is 6.71. The van der Waals surface area contributed by atoms with Crippen LogP contribution in [0.15, 0.2) is 47.5 Å². The largest absolute Gasteiger partial charge is 0.380 e. The van der Waals surface area contributed by atoms with Crippen molar-refractivity contribution in [3.05, 3.63) is 48.0 Å². The fraction of sp³-hybridized carbons (Fsp3) is 0.389. The van der Waals surface area contributed by atoms with Crippen molar-refractivity contribution in [2.75, 3.05) is 26.3 Å². The third kappa shape index (κ3) is 4.74. The number of nitrogens with one attached hydrogen (secondary N) is 2. The summed E-state index contributed by atoms with van der Waals surface area (Å²) in [5.74, 6) is 0.829. The van der Waals surface area contributed by atoms with Crippen LogP contribution in [0.2, 0.25) is 0 Å². The van der Waals surface area contributed by atoms with Gasteiger partial charge in [0.25, 0.3) is 0 Å². The fourth-order valence-corrected chi connectivity index (χ4v) is 2.32. The smallest absolute Gasteiger partial charge is 0.191 e. The zero-order valence-corrected chi connectivity index (χ0v) is 13.4. The standard InChI is InChI=1S/C18H25N3O/c1-3-19-18(20-12-13-22-4-2)21-14-16-10-7-9-15-8-5-6-11-17(15)16/h5-11H,3-4,12-14H2,1-2H3,(H2,19,20,21). The van der Waals surface area contributed by atoms with Crippen molar-refractivity contribution in [3.63, 3.8) is 0 Å². The molecule has 2 aromatic rings. The predicted octanol–water partition coefficient (Wildman–Crippen LogP) is 2.93. The van der Waals surface area contributed by atoms with Crippen molar-refractivity contribution in [1.29, 1.82) is 0 Å². The van der Waals surface area contributed by atoms with Gasteiger partial charge in [-0.25, -0.2) is 4.99 Å². The van der Waals surface area contributed by atoms with E-state index in [2.05, 4.69) is 65.0 Å². The first-order valence-corrected chi connectivity index (χ1v) is 7.91. The summed E-state index contributed by atoms with van der Waals surface area (Å²) in [6, 6.07) is 14.8. The van der Waals surface area contributed by atoms with Crippen molar-refractivity contribution in [2.45, 2.75) is 20.4 Å². The summed E-state index contributed by atoms with van der Waals surface area (Å²) in [4.78, 5) is 4.67. The lowest BCUT2D eigenvalue weighted by atomic mass is 10.1. The summed E-state index contributed by atoms with van der Waals surface area (Å²) < 4.78 is 5.34. The van der Waals surface area contributed by atoms with E-state index in [-0.39, 0.29) is 0 Å². The summed E-state index contributed by atoms with van der Waals surface area (Å²) in [5.41, 5.74) is 1.24. The van der Waals surface area contributed by atoms with Crippen LogP contribution in [-0.2, 0) is 11.3 Å². The second kappa shape index (κ2) is 9.05. The lowest BCUT2D eigenvalue weighted by Gasteiger charge is -2.11. The lowest BCUT2D eigenvalue weighted by molar-refractivity contribution is 0.152. The van der Waals surface area contributed by atoms with Crippen LogP contribution in [0.5, 0.6) is 0 Å². The summed E-state index contributed by atoms with van der Waals surface area (Å²) >= 11 is 0. The van der Waals surface area contributed by atoms with Crippen LogP contribution in [0, 0.1) is 0 Å². The molecular formula is C18H25N3O. The molecule has 0 aromatic heterocycles. The molecule has 0 bridgehead atoms. The molecule has 0 aliphatic carbocycles. The van der Waals surface area contributed by atoms with Crippen LogP contribution in [-0.4, -0.2) is 32.3 Å². The number of benzene rings is 2. The Hall–Kier alpha value is -2.07. The predicted molar refractivity (Wildman–Crippen MR) is 93.3 cm³/mol. The molecule has 2 N–H and O–H groups in total. The maximum Gasteiger partial charge on any atom is 0.191 e. The Morgan fingerprint density at radius 2 is 1.86 bits per heavy atom. The number of ether oxygens (including phenoxy) is 1. The number of aliphatic imine (C=N–C) groups is 1. The van der Waals surface area contributed by atoms with Gasteiger partial charge in [-0.3, -0.25) is 0 Å². The molecule has 0 saturated heterocycles. The Bertz CT molecular complexity index is 605. The molecule has 0 spiro atoms. The second-order valence-electron chi connectivity index (χ2n) is 4.96. The van der Waals surface area contributed by atoms with E-state index in [0.29, 0.717) is 13.2 Å². The van der Waals surface area contributed by atoms with Crippen LogP contribution < -0.4 is 10.6 Å². The highest BCUT2D eigenvalue weighted by atomic mass is 16.5. The van der Waals surface area contributed by atoms with E-state index in [1.54, 1.807) is 0 Å². The van der Waals surface area contributed by atoms with E-state index in [4.69, 9.17) is 4.74 Å². The topological polar surface area (TPSA) is 45.7 Å². The molecule has 0 amide bonds. The zero-order chi connectivity index (χ0) is 15.6. The molecule has 22 heavy (non-hydrogen) atoms. The maximum atomic E-state index is 5.34. The summed E-state index contributed by atoms with van der Waals surface area (Å²) in [6.45, 7) is 7.76. The van der Waals surface area contributed by atoms with Crippen LogP contribution in [0.25, 0.3) is 10.8 Å². The number of guanidine groups is 1.